The normalized spacial score (nSPS) is 11.5. The van der Waals surface area contributed by atoms with Crippen LogP contribution in [-0.4, -0.2) is 37.2 Å². The summed E-state index contributed by atoms with van der Waals surface area (Å²) in [4.78, 5) is 18.8. The molecule has 0 saturated heterocycles. The first-order valence-electron chi connectivity index (χ1n) is 11.4. The largest absolute Gasteiger partial charge is 0.298 e. The number of anilines is 1. The van der Waals surface area contributed by atoms with Crippen LogP contribution < -0.4 is 5.32 Å². The Morgan fingerprint density at radius 2 is 1.51 bits per heavy atom. The first-order chi connectivity index (χ1) is 16.9. The monoisotopic (exact) mass is 505 g/mol. The maximum Gasteiger partial charge on any atom is 0.257 e. The maximum absolute atomic E-state index is 12.9. The van der Waals surface area contributed by atoms with Crippen molar-refractivity contribution < 1.29 is 13.2 Å². The van der Waals surface area contributed by atoms with Gasteiger partial charge in [-0.1, -0.05) is 85.3 Å². The molecule has 35 heavy (non-hydrogen) atoms. The Hall–Kier alpha value is -3.33. The number of hydrogen-bond donors (Lipinski definition) is 1. The SMILES string of the molecule is CCCCN(C)S(=O)(=O)c1ccc(C(=O)Nc2nc(-c3ccccc3)c(-c3ccccc3)s2)cc1. The van der Waals surface area contributed by atoms with Crippen LogP contribution in [0.25, 0.3) is 21.7 Å². The second-order valence-electron chi connectivity index (χ2n) is 8.09. The Morgan fingerprint density at radius 3 is 2.11 bits per heavy atom. The zero-order chi connectivity index (χ0) is 24.8. The summed E-state index contributed by atoms with van der Waals surface area (Å²) in [5.74, 6) is -0.346. The van der Waals surface area contributed by atoms with Gasteiger partial charge in [0.15, 0.2) is 5.13 Å². The molecule has 4 rings (SSSR count). The van der Waals surface area contributed by atoms with Crippen LogP contribution in [0.3, 0.4) is 0 Å². The summed E-state index contributed by atoms with van der Waals surface area (Å²) in [6, 6.07) is 25.8. The average molecular weight is 506 g/mol. The Labute approximate surface area is 210 Å². The van der Waals surface area contributed by atoms with Gasteiger partial charge in [0.2, 0.25) is 10.0 Å². The fraction of sp³-hybridized carbons (Fsp3) is 0.185. The molecule has 0 radical (unpaired) electrons. The van der Waals surface area contributed by atoms with E-state index >= 15 is 0 Å². The van der Waals surface area contributed by atoms with E-state index in [0.29, 0.717) is 17.2 Å². The molecule has 0 aliphatic heterocycles. The fourth-order valence-electron chi connectivity index (χ4n) is 3.58. The first kappa shape index (κ1) is 24.8. The molecule has 0 unspecified atom stereocenters. The second kappa shape index (κ2) is 10.9. The maximum atomic E-state index is 12.9. The predicted molar refractivity (Wildman–Crippen MR) is 142 cm³/mol. The number of nitrogens with zero attached hydrogens (tertiary/aromatic N) is 2. The quantitative estimate of drug-likeness (QED) is 0.296. The van der Waals surface area contributed by atoms with Crippen molar-refractivity contribution in [2.45, 2.75) is 24.7 Å². The molecule has 0 bridgehead atoms. The van der Waals surface area contributed by atoms with Crippen molar-refractivity contribution in [2.24, 2.45) is 0 Å². The van der Waals surface area contributed by atoms with Gasteiger partial charge in [-0.15, -0.1) is 0 Å². The Morgan fingerprint density at radius 1 is 0.914 bits per heavy atom. The molecule has 0 fully saturated rings. The van der Waals surface area contributed by atoms with Crippen LogP contribution in [0.4, 0.5) is 5.13 Å². The Kier molecular flexibility index (Phi) is 7.75. The van der Waals surface area contributed by atoms with Crippen LogP contribution >= 0.6 is 11.3 Å². The first-order valence-corrected chi connectivity index (χ1v) is 13.6. The summed E-state index contributed by atoms with van der Waals surface area (Å²) in [6.07, 6.45) is 1.70. The molecule has 6 nitrogen and oxygen atoms in total. The summed E-state index contributed by atoms with van der Waals surface area (Å²) in [6.45, 7) is 2.47. The lowest BCUT2D eigenvalue weighted by atomic mass is 10.1. The lowest BCUT2D eigenvalue weighted by molar-refractivity contribution is 0.102. The zero-order valence-corrected chi connectivity index (χ0v) is 21.3. The van der Waals surface area contributed by atoms with Gasteiger partial charge in [-0.3, -0.25) is 10.1 Å². The van der Waals surface area contributed by atoms with Gasteiger partial charge in [-0.25, -0.2) is 17.7 Å². The highest BCUT2D eigenvalue weighted by Gasteiger charge is 2.21. The minimum Gasteiger partial charge on any atom is -0.298 e. The summed E-state index contributed by atoms with van der Waals surface area (Å²) in [5, 5.41) is 3.35. The van der Waals surface area contributed by atoms with Gasteiger partial charge in [-0.05, 0) is 36.2 Å². The van der Waals surface area contributed by atoms with Gasteiger partial charge in [-0.2, -0.15) is 0 Å². The lowest BCUT2D eigenvalue weighted by Gasteiger charge is -2.16. The molecular weight excluding hydrogens is 478 g/mol. The van der Waals surface area contributed by atoms with Gasteiger partial charge in [0.05, 0.1) is 15.5 Å². The van der Waals surface area contributed by atoms with Crippen LogP contribution in [-0.2, 0) is 10.0 Å². The molecule has 0 atom stereocenters. The molecule has 8 heteroatoms. The van der Waals surface area contributed by atoms with E-state index < -0.39 is 10.0 Å². The predicted octanol–water partition coefficient (Wildman–Crippen LogP) is 6.15. The molecule has 1 amide bonds. The van der Waals surface area contributed by atoms with E-state index in [0.717, 1.165) is 34.5 Å². The van der Waals surface area contributed by atoms with Crippen molar-refractivity contribution in [2.75, 3.05) is 18.9 Å². The van der Waals surface area contributed by atoms with E-state index in [9.17, 15) is 13.2 Å². The summed E-state index contributed by atoms with van der Waals surface area (Å²) in [7, 11) is -2.01. The van der Waals surface area contributed by atoms with Crippen LogP contribution in [0.1, 0.15) is 30.1 Å². The van der Waals surface area contributed by atoms with Crippen molar-refractivity contribution in [1.82, 2.24) is 9.29 Å². The number of amides is 1. The van der Waals surface area contributed by atoms with Gasteiger partial charge in [0.25, 0.3) is 5.91 Å². The highest BCUT2D eigenvalue weighted by atomic mass is 32.2. The van der Waals surface area contributed by atoms with E-state index in [1.165, 1.54) is 39.9 Å². The fourth-order valence-corrected chi connectivity index (χ4v) is 5.78. The standard InChI is InChI=1S/C27H27N3O3S2/c1-3-4-19-30(2)35(32,33)23-17-15-22(16-18-23)26(31)29-27-28-24(20-11-7-5-8-12-20)25(34-27)21-13-9-6-10-14-21/h5-18H,3-4,19H2,1-2H3,(H,28,29,31). The van der Waals surface area contributed by atoms with Crippen LogP contribution in [0.15, 0.2) is 89.8 Å². The van der Waals surface area contributed by atoms with E-state index in [1.54, 1.807) is 7.05 Å². The highest BCUT2D eigenvalue weighted by Crippen LogP contribution is 2.39. The van der Waals surface area contributed by atoms with Crippen molar-refractivity contribution in [3.8, 4) is 21.7 Å². The van der Waals surface area contributed by atoms with E-state index in [4.69, 9.17) is 4.98 Å². The molecule has 0 aliphatic rings. The van der Waals surface area contributed by atoms with E-state index in [1.807, 2.05) is 67.6 Å². The van der Waals surface area contributed by atoms with Crippen molar-refractivity contribution in [3.05, 3.63) is 90.5 Å². The number of sulfonamides is 1. The molecule has 180 valence electrons. The molecule has 0 spiro atoms. The van der Waals surface area contributed by atoms with Gasteiger partial charge >= 0.3 is 0 Å². The third-order valence-corrected chi connectivity index (χ3v) is 8.47. The second-order valence-corrected chi connectivity index (χ2v) is 11.1. The molecule has 1 heterocycles. The van der Waals surface area contributed by atoms with Crippen molar-refractivity contribution >= 4 is 32.4 Å². The number of nitrogens with one attached hydrogen (secondary N) is 1. The number of benzene rings is 3. The minimum absolute atomic E-state index is 0.166. The van der Waals surface area contributed by atoms with Crippen molar-refractivity contribution in [3.63, 3.8) is 0 Å². The number of unbranched alkanes of at least 4 members (excludes halogenated alkanes) is 1. The number of aromatic nitrogens is 1. The number of carbonyl (C=O) groups excluding carboxylic acids is 1. The Balaban J connectivity index is 1.57. The molecule has 1 N–H and O–H groups in total. The van der Waals surface area contributed by atoms with Crippen LogP contribution in [0.5, 0.6) is 0 Å². The van der Waals surface area contributed by atoms with Gasteiger partial charge in [0.1, 0.15) is 0 Å². The van der Waals surface area contributed by atoms with Gasteiger partial charge < -0.3 is 0 Å². The topological polar surface area (TPSA) is 79.4 Å². The van der Waals surface area contributed by atoms with E-state index in [-0.39, 0.29) is 10.8 Å². The van der Waals surface area contributed by atoms with Crippen LogP contribution in [0.2, 0.25) is 0 Å². The lowest BCUT2D eigenvalue weighted by Crippen LogP contribution is -2.28. The third-order valence-electron chi connectivity index (χ3n) is 5.58. The third kappa shape index (κ3) is 5.67. The number of hydrogen-bond acceptors (Lipinski definition) is 5. The zero-order valence-electron chi connectivity index (χ0n) is 19.6. The van der Waals surface area contributed by atoms with E-state index in [2.05, 4.69) is 5.32 Å². The molecule has 0 aliphatic carbocycles. The number of thiazole rings is 1. The average Bonchev–Trinajstić information content (AvgIpc) is 3.32. The Bertz CT molecular complexity index is 1330. The summed E-state index contributed by atoms with van der Waals surface area (Å²) < 4.78 is 26.8. The van der Waals surface area contributed by atoms with Crippen LogP contribution in [0, 0.1) is 0 Å². The molecule has 1 aromatic heterocycles. The molecule has 4 aromatic rings. The number of rotatable bonds is 9. The van der Waals surface area contributed by atoms with Crippen molar-refractivity contribution in [1.29, 1.82) is 0 Å². The minimum atomic E-state index is -3.58. The summed E-state index contributed by atoms with van der Waals surface area (Å²) in [5.41, 5.74) is 3.14. The summed E-state index contributed by atoms with van der Waals surface area (Å²) >= 11 is 1.40. The number of carbonyl (C=O) groups is 1. The smallest absolute Gasteiger partial charge is 0.257 e. The highest BCUT2D eigenvalue weighted by molar-refractivity contribution is 7.89. The molecule has 0 saturated carbocycles. The molecule has 3 aromatic carbocycles. The van der Waals surface area contributed by atoms with Gasteiger partial charge in [0, 0.05) is 24.7 Å². The molecular formula is C27H27N3O3S2.